The Kier molecular flexibility index (Phi) is 4.29. The molecule has 0 aliphatic carbocycles. The fourth-order valence-electron chi connectivity index (χ4n) is 1.86. The van der Waals surface area contributed by atoms with Crippen molar-refractivity contribution in [2.75, 3.05) is 31.4 Å². The van der Waals surface area contributed by atoms with Crippen molar-refractivity contribution in [3.05, 3.63) is 35.1 Å². The van der Waals surface area contributed by atoms with Gasteiger partial charge in [0.15, 0.2) is 11.6 Å². The zero-order chi connectivity index (χ0) is 14.7. The fourth-order valence-corrected chi connectivity index (χ4v) is 2.17. The Balaban J connectivity index is 2.41. The molecular weight excluding hydrogens is 276 g/mol. The highest BCUT2D eigenvalue weighted by molar-refractivity contribution is 6.35. The van der Waals surface area contributed by atoms with Crippen LogP contribution in [0.3, 0.4) is 0 Å². The van der Waals surface area contributed by atoms with Gasteiger partial charge in [0.2, 0.25) is 0 Å². The van der Waals surface area contributed by atoms with E-state index in [2.05, 4.69) is 15.3 Å². The normalized spacial score (nSPS) is 10.2. The molecule has 0 atom stereocenters. The van der Waals surface area contributed by atoms with Crippen LogP contribution in [0.2, 0.25) is 5.02 Å². The molecule has 0 radical (unpaired) electrons. The summed E-state index contributed by atoms with van der Waals surface area (Å²) in [6, 6.07) is 7.69. The van der Waals surface area contributed by atoms with Gasteiger partial charge >= 0.3 is 0 Å². The van der Waals surface area contributed by atoms with Crippen LogP contribution < -0.4 is 15.0 Å². The quantitative estimate of drug-likeness (QED) is 0.937. The van der Waals surface area contributed by atoms with Crippen LogP contribution in [0.15, 0.2) is 24.3 Å². The Morgan fingerprint density at radius 1 is 1.20 bits per heavy atom. The van der Waals surface area contributed by atoms with Crippen LogP contribution in [0.1, 0.15) is 5.82 Å². The van der Waals surface area contributed by atoms with Crippen LogP contribution in [0.25, 0.3) is 0 Å². The molecule has 2 rings (SSSR count). The topological polar surface area (TPSA) is 50.3 Å². The van der Waals surface area contributed by atoms with E-state index in [4.69, 9.17) is 16.3 Å². The monoisotopic (exact) mass is 292 g/mol. The fraction of sp³-hybridized carbons (Fsp3) is 0.286. The van der Waals surface area contributed by atoms with Crippen molar-refractivity contribution in [3.63, 3.8) is 0 Å². The van der Waals surface area contributed by atoms with Crippen LogP contribution in [0.5, 0.6) is 5.75 Å². The molecule has 20 heavy (non-hydrogen) atoms. The highest BCUT2D eigenvalue weighted by Gasteiger charge is 2.15. The lowest BCUT2D eigenvalue weighted by Gasteiger charge is -2.21. The maximum atomic E-state index is 6.33. The Hall–Kier alpha value is -2.01. The number of aromatic nitrogens is 2. The summed E-state index contributed by atoms with van der Waals surface area (Å²) in [4.78, 5) is 10.6. The van der Waals surface area contributed by atoms with E-state index < -0.39 is 0 Å². The summed E-state index contributed by atoms with van der Waals surface area (Å²) in [7, 11) is 5.34. The summed E-state index contributed by atoms with van der Waals surface area (Å²) >= 11 is 6.33. The molecule has 0 aliphatic heterocycles. The van der Waals surface area contributed by atoms with Gasteiger partial charge in [-0.2, -0.15) is 0 Å². The van der Waals surface area contributed by atoms with E-state index in [0.29, 0.717) is 22.5 Å². The van der Waals surface area contributed by atoms with E-state index >= 15 is 0 Å². The molecule has 0 aliphatic rings. The van der Waals surface area contributed by atoms with Gasteiger partial charge in [-0.15, -0.1) is 0 Å². The lowest BCUT2D eigenvalue weighted by Crippen LogP contribution is -2.14. The lowest BCUT2D eigenvalue weighted by molar-refractivity contribution is 0.415. The SMILES string of the molecule is CNc1nc(C)nc(N(C)c2ccc(OC)cc2)c1Cl. The first-order valence-corrected chi connectivity index (χ1v) is 6.54. The summed E-state index contributed by atoms with van der Waals surface area (Å²) in [5.74, 6) is 2.75. The number of anilines is 3. The van der Waals surface area contributed by atoms with E-state index in [-0.39, 0.29) is 0 Å². The molecule has 6 heteroatoms. The molecule has 1 heterocycles. The molecule has 0 bridgehead atoms. The van der Waals surface area contributed by atoms with Gasteiger partial charge < -0.3 is 15.0 Å². The highest BCUT2D eigenvalue weighted by atomic mass is 35.5. The van der Waals surface area contributed by atoms with E-state index in [1.807, 2.05) is 43.1 Å². The third-order valence-corrected chi connectivity index (χ3v) is 3.31. The number of methoxy groups -OCH3 is 1. The summed E-state index contributed by atoms with van der Waals surface area (Å²) in [5.41, 5.74) is 0.966. The molecule has 0 unspecified atom stereocenters. The third-order valence-electron chi connectivity index (χ3n) is 2.96. The first-order chi connectivity index (χ1) is 9.56. The summed E-state index contributed by atoms with van der Waals surface area (Å²) in [6.45, 7) is 1.84. The summed E-state index contributed by atoms with van der Waals surface area (Å²) in [6.07, 6.45) is 0. The van der Waals surface area contributed by atoms with Gasteiger partial charge in [-0.05, 0) is 31.2 Å². The molecular formula is C14H17ClN4O. The zero-order valence-corrected chi connectivity index (χ0v) is 12.7. The minimum Gasteiger partial charge on any atom is -0.497 e. The van der Waals surface area contributed by atoms with Crippen molar-refractivity contribution < 1.29 is 4.74 Å². The smallest absolute Gasteiger partial charge is 0.157 e. The van der Waals surface area contributed by atoms with E-state index in [9.17, 15) is 0 Å². The second-order valence-electron chi connectivity index (χ2n) is 4.26. The average molecular weight is 293 g/mol. The number of ether oxygens (including phenoxy) is 1. The lowest BCUT2D eigenvalue weighted by atomic mass is 10.3. The van der Waals surface area contributed by atoms with Crippen LogP contribution in [0.4, 0.5) is 17.3 Å². The van der Waals surface area contributed by atoms with Gasteiger partial charge in [-0.25, -0.2) is 9.97 Å². The minimum absolute atomic E-state index is 0.497. The van der Waals surface area contributed by atoms with Gasteiger partial charge in [0, 0.05) is 19.8 Å². The predicted octanol–water partition coefficient (Wildman–Crippen LogP) is 3.26. The summed E-state index contributed by atoms with van der Waals surface area (Å²) in [5, 5.41) is 3.47. The Bertz CT molecular complexity index is 601. The largest absolute Gasteiger partial charge is 0.497 e. The van der Waals surface area contributed by atoms with Crippen molar-refractivity contribution in [2.24, 2.45) is 0 Å². The summed E-state index contributed by atoms with van der Waals surface area (Å²) < 4.78 is 5.15. The number of hydrogen-bond donors (Lipinski definition) is 1. The van der Waals surface area contributed by atoms with Crippen LogP contribution >= 0.6 is 11.6 Å². The number of nitrogens with one attached hydrogen (secondary N) is 1. The molecule has 0 saturated carbocycles. The Labute approximate surface area is 123 Å². The van der Waals surface area contributed by atoms with Crippen molar-refractivity contribution >= 4 is 28.9 Å². The van der Waals surface area contributed by atoms with Crippen LogP contribution in [-0.4, -0.2) is 31.2 Å². The van der Waals surface area contributed by atoms with Gasteiger partial charge in [-0.1, -0.05) is 11.6 Å². The number of nitrogens with zero attached hydrogens (tertiary/aromatic N) is 3. The van der Waals surface area contributed by atoms with Crippen LogP contribution in [-0.2, 0) is 0 Å². The Morgan fingerprint density at radius 3 is 2.40 bits per heavy atom. The highest BCUT2D eigenvalue weighted by Crippen LogP contribution is 2.33. The van der Waals surface area contributed by atoms with Crippen molar-refractivity contribution in [1.82, 2.24) is 9.97 Å². The first-order valence-electron chi connectivity index (χ1n) is 6.16. The van der Waals surface area contributed by atoms with E-state index in [1.165, 1.54) is 0 Å². The third kappa shape index (κ3) is 2.77. The van der Waals surface area contributed by atoms with Crippen molar-refractivity contribution in [1.29, 1.82) is 0 Å². The van der Waals surface area contributed by atoms with E-state index in [0.717, 1.165) is 11.4 Å². The van der Waals surface area contributed by atoms with Gasteiger partial charge in [0.25, 0.3) is 0 Å². The van der Waals surface area contributed by atoms with Gasteiger partial charge in [-0.3, -0.25) is 0 Å². The molecule has 106 valence electrons. The molecule has 0 amide bonds. The van der Waals surface area contributed by atoms with E-state index in [1.54, 1.807) is 14.2 Å². The number of benzene rings is 1. The van der Waals surface area contributed by atoms with Crippen molar-refractivity contribution in [2.45, 2.75) is 6.92 Å². The standard InChI is InChI=1S/C14H17ClN4O/c1-9-17-13(16-2)12(15)14(18-9)19(3)10-5-7-11(20-4)8-6-10/h5-8H,1-4H3,(H,16,17,18). The molecule has 0 fully saturated rings. The van der Waals surface area contributed by atoms with Crippen molar-refractivity contribution in [3.8, 4) is 5.75 Å². The molecule has 0 saturated heterocycles. The van der Waals surface area contributed by atoms with Crippen LogP contribution in [0, 0.1) is 6.92 Å². The molecule has 0 spiro atoms. The predicted molar refractivity (Wildman–Crippen MR) is 82.4 cm³/mol. The maximum Gasteiger partial charge on any atom is 0.157 e. The Morgan fingerprint density at radius 2 is 1.85 bits per heavy atom. The number of hydrogen-bond acceptors (Lipinski definition) is 5. The average Bonchev–Trinajstić information content (AvgIpc) is 2.48. The molecule has 2 aromatic rings. The maximum absolute atomic E-state index is 6.33. The minimum atomic E-state index is 0.497. The molecule has 1 N–H and O–H groups in total. The number of aryl methyl sites for hydroxylation is 1. The zero-order valence-electron chi connectivity index (χ0n) is 11.9. The molecule has 1 aromatic heterocycles. The van der Waals surface area contributed by atoms with Gasteiger partial charge in [0.1, 0.15) is 16.6 Å². The first kappa shape index (κ1) is 14.4. The second-order valence-corrected chi connectivity index (χ2v) is 4.64. The number of rotatable bonds is 4. The molecule has 1 aromatic carbocycles. The molecule has 5 nitrogen and oxygen atoms in total. The second kappa shape index (κ2) is 5.96. The van der Waals surface area contributed by atoms with Gasteiger partial charge in [0.05, 0.1) is 7.11 Å². The number of halogens is 1.